The molecule has 4 N–H and O–H groups in total. The molecule has 0 bridgehead atoms. The molecule has 166 valence electrons. The summed E-state index contributed by atoms with van der Waals surface area (Å²) in [6.07, 6.45) is 5.98. The van der Waals surface area contributed by atoms with Crippen molar-refractivity contribution in [2.75, 3.05) is 17.7 Å². The standard InChI is InChI=1S/C23H28N8O/c1-12-6-21(30-29-12)27-20-11-18-16(4-3-5-25-18)22(28-20)26-13-7-14-9-17(23(32)24-2)19-10-15(8-13)31(14)19/h3-6,11,13-15,17,19H,7-10H2,1-2H3,(H,24,32)(H3,26,27,28,29,30)/t13-,14+,15-,17?,19?/m0/s1. The number of pyridine rings is 2. The highest BCUT2D eigenvalue weighted by atomic mass is 16.1. The molecule has 1 amide bonds. The molecule has 2 unspecified atom stereocenters. The Balaban J connectivity index is 1.25. The maximum absolute atomic E-state index is 12.3. The zero-order chi connectivity index (χ0) is 21.8. The molecule has 5 atom stereocenters. The fraction of sp³-hybridized carbons (Fsp3) is 0.478. The molecule has 0 spiro atoms. The van der Waals surface area contributed by atoms with Gasteiger partial charge in [0.25, 0.3) is 0 Å². The van der Waals surface area contributed by atoms with Crippen LogP contribution in [0, 0.1) is 12.8 Å². The third-order valence-corrected chi connectivity index (χ3v) is 7.33. The number of piperidine rings is 1. The SMILES string of the molecule is CNC(=O)C1C[C@H]2C[C@H](Nc3nc(Nc4cc(C)[nH]n4)cc4ncccc34)C[C@H]3CC1N32. The number of H-pyrrole nitrogens is 1. The Hall–Kier alpha value is -3.20. The number of aromatic nitrogens is 4. The summed E-state index contributed by atoms with van der Waals surface area (Å²) < 4.78 is 0. The number of nitrogens with one attached hydrogen (secondary N) is 4. The first-order valence-electron chi connectivity index (χ1n) is 11.4. The van der Waals surface area contributed by atoms with Crippen molar-refractivity contribution >= 4 is 34.3 Å². The monoisotopic (exact) mass is 432 g/mol. The summed E-state index contributed by atoms with van der Waals surface area (Å²) in [6.45, 7) is 1.97. The molecule has 9 nitrogen and oxygen atoms in total. The molecule has 0 aliphatic carbocycles. The van der Waals surface area contributed by atoms with Crippen LogP contribution in [0.4, 0.5) is 17.5 Å². The molecule has 3 fully saturated rings. The van der Waals surface area contributed by atoms with Gasteiger partial charge in [-0.25, -0.2) is 4.98 Å². The van der Waals surface area contributed by atoms with Crippen LogP contribution < -0.4 is 16.0 Å². The van der Waals surface area contributed by atoms with Gasteiger partial charge in [-0.15, -0.1) is 0 Å². The molecule has 3 saturated heterocycles. The van der Waals surface area contributed by atoms with Gasteiger partial charge < -0.3 is 16.0 Å². The average molecular weight is 433 g/mol. The van der Waals surface area contributed by atoms with E-state index < -0.39 is 0 Å². The Morgan fingerprint density at radius 3 is 2.78 bits per heavy atom. The first-order chi connectivity index (χ1) is 15.6. The van der Waals surface area contributed by atoms with Gasteiger partial charge in [-0.3, -0.25) is 19.8 Å². The number of amides is 1. The normalized spacial score (nSPS) is 28.8. The number of hydrogen-bond donors (Lipinski definition) is 4. The molecule has 3 aromatic rings. The molecular weight excluding hydrogens is 404 g/mol. The van der Waals surface area contributed by atoms with Crippen molar-refractivity contribution in [1.82, 2.24) is 30.4 Å². The summed E-state index contributed by atoms with van der Waals surface area (Å²) in [5, 5.41) is 18.1. The zero-order valence-corrected chi connectivity index (χ0v) is 18.3. The van der Waals surface area contributed by atoms with Gasteiger partial charge in [0.1, 0.15) is 11.6 Å². The van der Waals surface area contributed by atoms with Crippen LogP contribution in [0.15, 0.2) is 30.5 Å². The summed E-state index contributed by atoms with van der Waals surface area (Å²) in [4.78, 5) is 24.4. The third kappa shape index (κ3) is 3.19. The number of anilines is 3. The van der Waals surface area contributed by atoms with Gasteiger partial charge >= 0.3 is 0 Å². The third-order valence-electron chi connectivity index (χ3n) is 7.33. The van der Waals surface area contributed by atoms with E-state index in [0.717, 1.165) is 53.9 Å². The van der Waals surface area contributed by atoms with Crippen LogP contribution in [0.25, 0.3) is 10.9 Å². The van der Waals surface area contributed by atoms with Crippen LogP contribution >= 0.6 is 0 Å². The quantitative estimate of drug-likeness (QED) is 0.490. The summed E-state index contributed by atoms with van der Waals surface area (Å²) in [5.74, 6) is 2.62. The second-order valence-corrected chi connectivity index (χ2v) is 9.31. The molecule has 0 aromatic carbocycles. The maximum Gasteiger partial charge on any atom is 0.224 e. The molecular formula is C23H28N8O. The minimum atomic E-state index is 0.132. The Kier molecular flexibility index (Phi) is 4.53. The number of carbonyl (C=O) groups excluding carboxylic acids is 1. The first-order valence-corrected chi connectivity index (χ1v) is 11.4. The highest BCUT2D eigenvalue weighted by Gasteiger charge is 2.56. The van der Waals surface area contributed by atoms with Gasteiger partial charge in [0.15, 0.2) is 5.82 Å². The molecule has 3 aliphatic heterocycles. The lowest BCUT2D eigenvalue weighted by Crippen LogP contribution is -2.62. The summed E-state index contributed by atoms with van der Waals surface area (Å²) in [7, 11) is 1.75. The van der Waals surface area contributed by atoms with Gasteiger partial charge in [-0.1, -0.05) is 0 Å². The van der Waals surface area contributed by atoms with E-state index in [2.05, 4.69) is 42.1 Å². The maximum atomic E-state index is 12.3. The second-order valence-electron chi connectivity index (χ2n) is 9.31. The highest BCUT2D eigenvalue weighted by Crippen LogP contribution is 2.49. The summed E-state index contributed by atoms with van der Waals surface area (Å²) in [5.41, 5.74) is 1.88. The molecule has 6 heterocycles. The van der Waals surface area contributed by atoms with E-state index in [1.807, 2.05) is 25.1 Å². The van der Waals surface area contributed by atoms with E-state index in [1.165, 1.54) is 0 Å². The predicted molar refractivity (Wildman–Crippen MR) is 123 cm³/mol. The molecule has 9 heteroatoms. The number of aromatic amines is 1. The highest BCUT2D eigenvalue weighted by molar-refractivity contribution is 5.91. The summed E-state index contributed by atoms with van der Waals surface area (Å²) in [6, 6.07) is 9.68. The van der Waals surface area contributed by atoms with Crippen molar-refractivity contribution < 1.29 is 4.79 Å². The van der Waals surface area contributed by atoms with Crippen molar-refractivity contribution in [2.45, 2.75) is 56.8 Å². The first kappa shape index (κ1) is 19.5. The van der Waals surface area contributed by atoms with E-state index in [0.29, 0.717) is 30.0 Å². The fourth-order valence-electron chi connectivity index (χ4n) is 6.00. The Morgan fingerprint density at radius 1 is 1.16 bits per heavy atom. The van der Waals surface area contributed by atoms with E-state index in [4.69, 9.17) is 4.98 Å². The number of fused-ring (bicyclic) bond motifs is 1. The predicted octanol–water partition coefficient (Wildman–Crippen LogP) is 2.56. The minimum Gasteiger partial charge on any atom is -0.367 e. The number of nitrogens with zero attached hydrogens (tertiary/aromatic N) is 4. The molecule has 3 aromatic heterocycles. The molecule has 3 aliphatic rings. The van der Waals surface area contributed by atoms with Crippen LogP contribution in [0.3, 0.4) is 0 Å². The summed E-state index contributed by atoms with van der Waals surface area (Å²) >= 11 is 0. The van der Waals surface area contributed by atoms with Crippen LogP contribution in [0.5, 0.6) is 0 Å². The van der Waals surface area contributed by atoms with Crippen molar-refractivity contribution in [2.24, 2.45) is 5.92 Å². The minimum absolute atomic E-state index is 0.132. The zero-order valence-electron chi connectivity index (χ0n) is 18.3. The topological polar surface area (TPSA) is 111 Å². The van der Waals surface area contributed by atoms with Gasteiger partial charge in [-0.05, 0) is 44.7 Å². The van der Waals surface area contributed by atoms with E-state index >= 15 is 0 Å². The van der Waals surface area contributed by atoms with Gasteiger partial charge in [0.05, 0.1) is 11.4 Å². The van der Waals surface area contributed by atoms with E-state index in [1.54, 1.807) is 13.2 Å². The molecule has 0 radical (unpaired) electrons. The molecule has 0 saturated carbocycles. The number of carbonyl (C=O) groups is 1. The lowest BCUT2D eigenvalue weighted by Gasteiger charge is -2.53. The van der Waals surface area contributed by atoms with Crippen LogP contribution in [0.2, 0.25) is 0 Å². The number of hydrogen-bond acceptors (Lipinski definition) is 7. The van der Waals surface area contributed by atoms with Gasteiger partial charge in [-0.2, -0.15) is 5.10 Å². The van der Waals surface area contributed by atoms with Crippen LogP contribution in [-0.2, 0) is 4.79 Å². The van der Waals surface area contributed by atoms with Gasteiger partial charge in [0, 0.05) is 60.6 Å². The smallest absolute Gasteiger partial charge is 0.224 e. The lowest BCUT2D eigenvalue weighted by atomic mass is 9.81. The van der Waals surface area contributed by atoms with Crippen molar-refractivity contribution in [1.29, 1.82) is 0 Å². The van der Waals surface area contributed by atoms with Crippen molar-refractivity contribution in [3.63, 3.8) is 0 Å². The Morgan fingerprint density at radius 2 is 2.00 bits per heavy atom. The largest absolute Gasteiger partial charge is 0.367 e. The number of aryl methyl sites for hydroxylation is 1. The van der Waals surface area contributed by atoms with Crippen molar-refractivity contribution in [3.8, 4) is 0 Å². The van der Waals surface area contributed by atoms with E-state index in [-0.39, 0.29) is 11.8 Å². The Bertz CT molecular complexity index is 1180. The average Bonchev–Trinajstić information content (AvgIpc) is 3.33. The Labute approximate surface area is 186 Å². The lowest BCUT2D eigenvalue weighted by molar-refractivity contribution is -0.127. The van der Waals surface area contributed by atoms with Crippen LogP contribution in [-0.4, -0.2) is 62.2 Å². The van der Waals surface area contributed by atoms with E-state index in [9.17, 15) is 4.79 Å². The fourth-order valence-corrected chi connectivity index (χ4v) is 6.00. The number of rotatable bonds is 5. The van der Waals surface area contributed by atoms with Crippen molar-refractivity contribution in [3.05, 3.63) is 36.2 Å². The molecule has 32 heavy (non-hydrogen) atoms. The second kappa shape index (κ2) is 7.44. The van der Waals surface area contributed by atoms with Gasteiger partial charge in [0.2, 0.25) is 5.91 Å². The molecule has 6 rings (SSSR count). The van der Waals surface area contributed by atoms with Crippen LogP contribution in [0.1, 0.15) is 31.4 Å².